The summed E-state index contributed by atoms with van der Waals surface area (Å²) in [7, 11) is -9.73. The molecule has 0 amide bonds. The number of rotatable bonds is 10. The molecule has 6 rings (SSSR count). The largest absolute Gasteiger partial charge is 0.631 e. The van der Waals surface area contributed by atoms with E-state index in [1.807, 2.05) is 72.8 Å². The van der Waals surface area contributed by atoms with Gasteiger partial charge in [-0.1, -0.05) is 121 Å². The second kappa shape index (κ2) is 13.7. The number of hydrogen-bond acceptors (Lipinski definition) is 7. The lowest BCUT2D eigenvalue weighted by Crippen LogP contribution is -2.78. The molecule has 49 heavy (non-hydrogen) atoms. The standard InChI is InChI=1S/C38H48B2O7Si2/c1-35(2)29-36(3,4)42-39(41-35)45-48(31-21-13-9-14-22-31,32-23-15-10-16-24-32)47-49(33-25-17-11-18-26-33,34-27-19-12-20-28-34)46-40-43-37(5,6)30-38(7,8)44-40/h9-28H,29-30H2,1-8H3. The molecule has 0 bridgehead atoms. The Kier molecular flexibility index (Phi) is 10.1. The van der Waals surface area contributed by atoms with E-state index < -0.39 is 54.2 Å². The Morgan fingerprint density at radius 2 is 0.633 bits per heavy atom. The van der Waals surface area contributed by atoms with E-state index in [-0.39, 0.29) is 0 Å². The van der Waals surface area contributed by atoms with Crippen LogP contribution in [0.3, 0.4) is 0 Å². The maximum atomic E-state index is 7.96. The van der Waals surface area contributed by atoms with Gasteiger partial charge in [0.25, 0.3) is 0 Å². The van der Waals surface area contributed by atoms with Gasteiger partial charge in [-0.2, -0.15) is 0 Å². The van der Waals surface area contributed by atoms with Crippen LogP contribution in [-0.4, -0.2) is 54.2 Å². The highest BCUT2D eigenvalue weighted by atomic mass is 28.5. The molecule has 7 nitrogen and oxygen atoms in total. The van der Waals surface area contributed by atoms with Crippen molar-refractivity contribution in [2.24, 2.45) is 0 Å². The molecule has 4 aromatic carbocycles. The quantitative estimate of drug-likeness (QED) is 0.203. The van der Waals surface area contributed by atoms with Crippen LogP contribution in [-0.2, 0) is 31.4 Å². The van der Waals surface area contributed by atoms with Crippen molar-refractivity contribution in [3.8, 4) is 0 Å². The van der Waals surface area contributed by atoms with E-state index in [1.54, 1.807) is 0 Å². The van der Waals surface area contributed by atoms with Gasteiger partial charge >= 0.3 is 31.8 Å². The van der Waals surface area contributed by atoms with Gasteiger partial charge in [-0.3, -0.25) is 0 Å². The van der Waals surface area contributed by atoms with Gasteiger partial charge in [-0.25, -0.2) is 0 Å². The Morgan fingerprint density at radius 3 is 0.857 bits per heavy atom. The Labute approximate surface area is 295 Å². The average Bonchev–Trinajstić information content (AvgIpc) is 3.03. The molecule has 0 atom stereocenters. The summed E-state index contributed by atoms with van der Waals surface area (Å²) in [4.78, 5) is 0. The van der Waals surface area contributed by atoms with Crippen molar-refractivity contribution < 1.29 is 31.4 Å². The summed E-state index contributed by atoms with van der Waals surface area (Å²) in [6.45, 7) is 16.6. The topological polar surface area (TPSA) is 64.6 Å². The van der Waals surface area contributed by atoms with E-state index >= 15 is 0 Å². The zero-order valence-corrected chi connectivity index (χ0v) is 32.0. The van der Waals surface area contributed by atoms with Gasteiger partial charge in [0.15, 0.2) is 0 Å². The van der Waals surface area contributed by atoms with E-state index in [9.17, 15) is 0 Å². The normalized spacial score (nSPS) is 20.2. The molecule has 0 radical (unpaired) electrons. The minimum atomic E-state index is -3.84. The first-order valence-electron chi connectivity index (χ1n) is 17.1. The molecule has 11 heteroatoms. The SMILES string of the molecule is CC1(C)CC(C)(C)OB(O[Si](O[Si](OB2OC(C)(C)CC(C)(C)O2)(c2ccccc2)c2ccccc2)(c2ccccc2)c2ccccc2)O1. The van der Waals surface area contributed by atoms with Crippen molar-refractivity contribution in [3.05, 3.63) is 121 Å². The molecule has 2 aliphatic heterocycles. The summed E-state index contributed by atoms with van der Waals surface area (Å²) in [6.07, 6.45) is 1.40. The van der Waals surface area contributed by atoms with Crippen LogP contribution in [0.15, 0.2) is 121 Å². The van der Waals surface area contributed by atoms with Crippen LogP contribution in [0.2, 0.25) is 0 Å². The van der Waals surface area contributed by atoms with E-state index in [0.717, 1.165) is 20.7 Å². The summed E-state index contributed by atoms with van der Waals surface area (Å²) >= 11 is 0. The van der Waals surface area contributed by atoms with Crippen molar-refractivity contribution in [2.75, 3.05) is 0 Å². The molecule has 4 aromatic rings. The van der Waals surface area contributed by atoms with Gasteiger partial charge in [0, 0.05) is 12.8 Å². The molecule has 2 fully saturated rings. The molecule has 0 saturated carbocycles. The van der Waals surface area contributed by atoms with Crippen molar-refractivity contribution in [3.63, 3.8) is 0 Å². The molecular weight excluding hydrogens is 646 g/mol. The van der Waals surface area contributed by atoms with E-state index in [1.165, 1.54) is 0 Å². The van der Waals surface area contributed by atoms with Gasteiger partial charge in [0.1, 0.15) is 0 Å². The third kappa shape index (κ3) is 8.22. The van der Waals surface area contributed by atoms with Gasteiger partial charge in [-0.15, -0.1) is 0 Å². The Balaban J connectivity index is 1.61. The zero-order valence-electron chi connectivity index (χ0n) is 30.0. The minimum Gasteiger partial charge on any atom is -0.402 e. The van der Waals surface area contributed by atoms with Gasteiger partial charge in [-0.05, 0) is 76.1 Å². The Hall–Kier alpha value is -2.84. The first kappa shape index (κ1) is 36.0. The monoisotopic (exact) mass is 694 g/mol. The van der Waals surface area contributed by atoms with Crippen LogP contribution in [0.5, 0.6) is 0 Å². The fourth-order valence-electron chi connectivity index (χ4n) is 7.40. The fourth-order valence-corrected chi connectivity index (χ4v) is 15.8. The predicted octanol–water partition coefficient (Wildman–Crippen LogP) is 5.51. The van der Waals surface area contributed by atoms with Crippen LogP contribution >= 0.6 is 0 Å². The Bertz CT molecular complexity index is 1440. The molecule has 2 saturated heterocycles. The molecule has 0 spiro atoms. The summed E-state index contributed by atoms with van der Waals surface area (Å²) in [5.74, 6) is 0. The second-order valence-corrected chi connectivity index (χ2v) is 21.5. The Morgan fingerprint density at radius 1 is 0.408 bits per heavy atom. The number of benzene rings is 4. The van der Waals surface area contributed by atoms with Crippen molar-refractivity contribution in [1.29, 1.82) is 0 Å². The van der Waals surface area contributed by atoms with Crippen molar-refractivity contribution in [2.45, 2.75) is 90.6 Å². The molecule has 256 valence electrons. The van der Waals surface area contributed by atoms with Crippen LogP contribution < -0.4 is 20.7 Å². The fraction of sp³-hybridized carbons (Fsp3) is 0.368. The third-order valence-corrected chi connectivity index (χ3v) is 16.5. The smallest absolute Gasteiger partial charge is 0.402 e. The highest BCUT2D eigenvalue weighted by molar-refractivity contribution is 7.06. The average molecular weight is 695 g/mol. The van der Waals surface area contributed by atoms with Crippen LogP contribution in [0.25, 0.3) is 0 Å². The molecular formula is C38H48B2O7Si2. The molecule has 0 unspecified atom stereocenters. The molecule has 2 aliphatic rings. The zero-order chi connectivity index (χ0) is 35.0. The van der Waals surface area contributed by atoms with E-state index in [4.69, 9.17) is 31.4 Å². The minimum absolute atomic E-state index is 0.509. The summed E-state index contributed by atoms with van der Waals surface area (Å²) in [6, 6.07) is 40.6. The molecule has 0 aliphatic carbocycles. The first-order valence-corrected chi connectivity index (χ1v) is 20.7. The molecule has 2 heterocycles. The number of hydrogen-bond donors (Lipinski definition) is 0. The van der Waals surface area contributed by atoms with Crippen LogP contribution in [0.4, 0.5) is 0 Å². The first-order chi connectivity index (χ1) is 23.1. The van der Waals surface area contributed by atoms with Crippen molar-refractivity contribution in [1.82, 2.24) is 0 Å². The lowest BCUT2D eigenvalue weighted by atomic mass is 9.87. The highest BCUT2D eigenvalue weighted by Crippen LogP contribution is 2.37. The highest BCUT2D eigenvalue weighted by Gasteiger charge is 2.60. The van der Waals surface area contributed by atoms with Crippen LogP contribution in [0, 0.1) is 0 Å². The summed E-state index contributed by atoms with van der Waals surface area (Å²) in [5, 5.41) is 3.53. The maximum absolute atomic E-state index is 7.96. The predicted molar refractivity (Wildman–Crippen MR) is 200 cm³/mol. The molecule has 0 aromatic heterocycles. The van der Waals surface area contributed by atoms with Gasteiger partial charge in [0.05, 0.1) is 22.4 Å². The van der Waals surface area contributed by atoms with E-state index in [2.05, 4.69) is 104 Å². The van der Waals surface area contributed by atoms with Gasteiger partial charge in [0.2, 0.25) is 0 Å². The second-order valence-electron chi connectivity index (χ2n) is 15.5. The maximum Gasteiger partial charge on any atom is 0.631 e. The summed E-state index contributed by atoms with van der Waals surface area (Å²) < 4.78 is 48.9. The summed E-state index contributed by atoms with van der Waals surface area (Å²) in [5.41, 5.74) is -2.04. The van der Waals surface area contributed by atoms with Gasteiger partial charge < -0.3 is 31.4 Å². The lowest BCUT2D eigenvalue weighted by Gasteiger charge is -2.48. The third-order valence-electron chi connectivity index (χ3n) is 8.79. The van der Waals surface area contributed by atoms with Crippen molar-refractivity contribution >= 4 is 52.5 Å². The van der Waals surface area contributed by atoms with Crippen LogP contribution in [0.1, 0.15) is 68.2 Å². The van der Waals surface area contributed by atoms with E-state index in [0.29, 0.717) is 12.8 Å². The lowest BCUT2D eigenvalue weighted by molar-refractivity contribution is -0.100. The molecule has 0 N–H and O–H groups in total.